The molecule has 0 unspecified atom stereocenters. The van der Waals surface area contributed by atoms with E-state index in [1.807, 2.05) is 0 Å². The van der Waals surface area contributed by atoms with Crippen molar-refractivity contribution in [2.75, 3.05) is 39.3 Å². The van der Waals surface area contributed by atoms with E-state index >= 15 is 0 Å². The number of carbonyl (C=O) groups excluding carboxylic acids is 1. The van der Waals surface area contributed by atoms with Gasteiger partial charge in [0.1, 0.15) is 11.5 Å². The summed E-state index contributed by atoms with van der Waals surface area (Å²) in [5.41, 5.74) is 1.64. The van der Waals surface area contributed by atoms with Crippen molar-refractivity contribution in [3.05, 3.63) is 59.5 Å². The number of piperidine rings is 1. The maximum Gasteiger partial charge on any atom is 0.226 e. The fraction of sp³-hybridized carbons (Fsp3) is 0.577. The van der Waals surface area contributed by atoms with Gasteiger partial charge in [-0.25, -0.2) is 0 Å². The van der Waals surface area contributed by atoms with Crippen molar-refractivity contribution in [1.29, 1.82) is 0 Å². The molecule has 3 aliphatic rings. The van der Waals surface area contributed by atoms with Crippen molar-refractivity contribution in [2.24, 2.45) is 11.3 Å². The molecule has 0 radical (unpaired) electrons. The van der Waals surface area contributed by atoms with E-state index in [1.165, 1.54) is 5.56 Å². The Balaban J connectivity index is 1.07. The molecule has 1 atom stereocenters. The second-order valence-corrected chi connectivity index (χ2v) is 9.70. The van der Waals surface area contributed by atoms with Gasteiger partial charge >= 0.3 is 0 Å². The highest BCUT2D eigenvalue weighted by Crippen LogP contribution is 2.60. The molecule has 5 rings (SSSR count). The van der Waals surface area contributed by atoms with Crippen LogP contribution in [0.5, 0.6) is 0 Å². The summed E-state index contributed by atoms with van der Waals surface area (Å²) in [5.74, 6) is 2.84. The lowest BCUT2D eigenvalue weighted by Gasteiger charge is -2.36. The van der Waals surface area contributed by atoms with Crippen LogP contribution in [0.25, 0.3) is 0 Å². The Morgan fingerprint density at radius 3 is 2.26 bits per heavy atom. The third-order valence-corrected chi connectivity index (χ3v) is 7.72. The van der Waals surface area contributed by atoms with Crippen molar-refractivity contribution in [1.82, 2.24) is 14.7 Å². The molecule has 166 valence electrons. The van der Waals surface area contributed by atoms with Crippen molar-refractivity contribution in [3.8, 4) is 0 Å². The van der Waals surface area contributed by atoms with Crippen LogP contribution in [0.15, 0.2) is 46.9 Å². The topological polar surface area (TPSA) is 39.9 Å². The van der Waals surface area contributed by atoms with E-state index in [0.29, 0.717) is 5.91 Å². The zero-order chi connectivity index (χ0) is 21.3. The summed E-state index contributed by atoms with van der Waals surface area (Å²) in [6.45, 7) is 9.90. The first-order chi connectivity index (χ1) is 15.1. The van der Waals surface area contributed by atoms with E-state index in [9.17, 15) is 4.79 Å². The Labute approximate surface area is 186 Å². The molecular formula is C26H35N3O2. The normalized spacial score (nSPS) is 23.9. The molecule has 2 aliphatic heterocycles. The molecule has 5 heteroatoms. The molecule has 31 heavy (non-hydrogen) atoms. The lowest BCUT2D eigenvalue weighted by Crippen LogP contribution is -2.49. The van der Waals surface area contributed by atoms with Crippen molar-refractivity contribution >= 4 is 5.91 Å². The number of furan rings is 1. The van der Waals surface area contributed by atoms with Crippen LogP contribution in [0.3, 0.4) is 0 Å². The number of piperazine rings is 1. The van der Waals surface area contributed by atoms with Gasteiger partial charge in [-0.3, -0.25) is 14.6 Å². The highest BCUT2D eigenvalue weighted by Gasteiger charge is 2.59. The average Bonchev–Trinajstić information content (AvgIpc) is 3.31. The Hall–Kier alpha value is -2.11. The van der Waals surface area contributed by atoms with Gasteiger partial charge in [0.05, 0.1) is 6.54 Å². The van der Waals surface area contributed by atoms with E-state index in [4.69, 9.17) is 4.42 Å². The van der Waals surface area contributed by atoms with Gasteiger partial charge < -0.3 is 9.32 Å². The number of aryl methyl sites for hydroxylation is 1. The van der Waals surface area contributed by atoms with Gasteiger partial charge in [-0.2, -0.15) is 0 Å². The fourth-order valence-corrected chi connectivity index (χ4v) is 5.51. The first-order valence-electron chi connectivity index (χ1n) is 12.0. The summed E-state index contributed by atoms with van der Waals surface area (Å²) in [5, 5.41) is 0. The summed E-state index contributed by atoms with van der Waals surface area (Å²) >= 11 is 0. The lowest BCUT2D eigenvalue weighted by atomic mass is 9.90. The standard InChI is InChI=1S/C26H35N3O2/c1-2-22-8-9-23(31-22)20-27-12-10-26(11-13-27)18-24(26)25(30)29-16-14-28(15-17-29)19-21-6-4-3-5-7-21/h3-9,24H,2,10-20H2,1H3/t24-/m0/s1. The minimum absolute atomic E-state index is 0.269. The van der Waals surface area contributed by atoms with Crippen molar-refractivity contribution < 1.29 is 9.21 Å². The second kappa shape index (κ2) is 8.79. The van der Waals surface area contributed by atoms with E-state index in [2.05, 4.69) is 64.1 Å². The highest BCUT2D eigenvalue weighted by molar-refractivity contribution is 5.83. The quantitative estimate of drug-likeness (QED) is 0.712. The summed E-state index contributed by atoms with van der Waals surface area (Å²) in [4.78, 5) is 20.3. The second-order valence-electron chi connectivity index (χ2n) is 9.70. The van der Waals surface area contributed by atoms with Crippen molar-refractivity contribution in [3.63, 3.8) is 0 Å². The average molecular weight is 422 g/mol. The Morgan fingerprint density at radius 2 is 1.58 bits per heavy atom. The monoisotopic (exact) mass is 421 g/mol. The molecule has 1 spiro atoms. The number of hydrogen-bond acceptors (Lipinski definition) is 4. The lowest BCUT2D eigenvalue weighted by molar-refractivity contribution is -0.135. The first-order valence-corrected chi connectivity index (χ1v) is 12.0. The third-order valence-electron chi connectivity index (χ3n) is 7.72. The van der Waals surface area contributed by atoms with E-state index < -0.39 is 0 Å². The number of rotatable bonds is 6. The number of hydrogen-bond donors (Lipinski definition) is 0. The molecule has 3 fully saturated rings. The molecule has 1 amide bonds. The predicted octanol–water partition coefficient (Wildman–Crippen LogP) is 3.79. The minimum atomic E-state index is 0.269. The van der Waals surface area contributed by atoms with Gasteiger partial charge in [0.15, 0.2) is 0 Å². The number of carbonyl (C=O) groups is 1. The molecule has 0 N–H and O–H groups in total. The third kappa shape index (κ3) is 4.58. The van der Waals surface area contributed by atoms with Gasteiger partial charge in [0.25, 0.3) is 0 Å². The number of likely N-dealkylation sites (tertiary alicyclic amines) is 1. The summed E-state index contributed by atoms with van der Waals surface area (Å²) in [7, 11) is 0. The van der Waals surface area contributed by atoms with Crippen LogP contribution in [0, 0.1) is 11.3 Å². The minimum Gasteiger partial charge on any atom is -0.465 e. The van der Waals surface area contributed by atoms with E-state index in [-0.39, 0.29) is 11.3 Å². The number of nitrogens with zero attached hydrogens (tertiary/aromatic N) is 3. The molecule has 1 saturated carbocycles. The van der Waals surface area contributed by atoms with Crippen LogP contribution < -0.4 is 0 Å². The Morgan fingerprint density at radius 1 is 0.903 bits per heavy atom. The van der Waals surface area contributed by atoms with Gasteiger partial charge in [-0.1, -0.05) is 37.3 Å². The molecule has 0 bridgehead atoms. The predicted molar refractivity (Wildman–Crippen MR) is 121 cm³/mol. The molecule has 5 nitrogen and oxygen atoms in total. The molecule has 1 aromatic heterocycles. The molecule has 1 aromatic carbocycles. The largest absolute Gasteiger partial charge is 0.465 e. The number of amides is 1. The van der Waals surface area contributed by atoms with E-state index in [0.717, 1.165) is 89.6 Å². The van der Waals surface area contributed by atoms with Crippen LogP contribution in [-0.2, 0) is 24.3 Å². The maximum atomic E-state index is 13.2. The van der Waals surface area contributed by atoms with E-state index in [1.54, 1.807) is 0 Å². The van der Waals surface area contributed by atoms with Gasteiger partial charge in [0, 0.05) is 45.1 Å². The molecular weight excluding hydrogens is 386 g/mol. The maximum absolute atomic E-state index is 13.2. The molecule has 1 aliphatic carbocycles. The number of benzene rings is 1. The summed E-state index contributed by atoms with van der Waals surface area (Å²) in [6, 6.07) is 14.8. The Bertz CT molecular complexity index is 877. The van der Waals surface area contributed by atoms with Crippen molar-refractivity contribution in [2.45, 2.75) is 45.7 Å². The van der Waals surface area contributed by atoms with Crippen LogP contribution in [0.4, 0.5) is 0 Å². The van der Waals surface area contributed by atoms with Gasteiger partial charge in [-0.05, 0) is 55.5 Å². The van der Waals surface area contributed by atoms with Crippen LogP contribution in [0.2, 0.25) is 0 Å². The van der Waals surface area contributed by atoms with Gasteiger partial charge in [0.2, 0.25) is 5.91 Å². The smallest absolute Gasteiger partial charge is 0.226 e. The summed E-state index contributed by atoms with van der Waals surface area (Å²) in [6.07, 6.45) is 4.36. The van der Waals surface area contributed by atoms with Crippen LogP contribution in [-0.4, -0.2) is 59.9 Å². The fourth-order valence-electron chi connectivity index (χ4n) is 5.51. The summed E-state index contributed by atoms with van der Waals surface area (Å²) < 4.78 is 5.88. The van der Waals surface area contributed by atoms with Gasteiger partial charge in [-0.15, -0.1) is 0 Å². The Kier molecular flexibility index (Phi) is 5.89. The SMILES string of the molecule is CCc1ccc(CN2CCC3(CC2)C[C@H]3C(=O)N2CCN(Cc3ccccc3)CC2)o1. The molecule has 2 saturated heterocycles. The highest BCUT2D eigenvalue weighted by atomic mass is 16.3. The zero-order valence-corrected chi connectivity index (χ0v) is 18.8. The van der Waals surface area contributed by atoms with Crippen LogP contribution >= 0.6 is 0 Å². The molecule has 3 heterocycles. The zero-order valence-electron chi connectivity index (χ0n) is 18.8. The van der Waals surface area contributed by atoms with Crippen LogP contribution in [0.1, 0.15) is 43.3 Å². The first kappa shape index (κ1) is 20.8. The molecule has 2 aromatic rings.